The van der Waals surface area contributed by atoms with Gasteiger partial charge >= 0.3 is 5.97 Å². The lowest BCUT2D eigenvalue weighted by molar-refractivity contribution is -0.146. The molecule has 0 aliphatic heterocycles. The molecular weight excluding hydrogens is 227 g/mol. The highest BCUT2D eigenvalue weighted by Gasteiger charge is 2.55. The lowest BCUT2D eigenvalue weighted by atomic mass is 10.3. The van der Waals surface area contributed by atoms with E-state index in [2.05, 4.69) is 5.10 Å². The number of carbonyl (C=O) groups is 1. The Bertz CT molecular complexity index is 385. The summed E-state index contributed by atoms with van der Waals surface area (Å²) in [5, 5.41) is 4.60. The molecule has 1 aliphatic rings. The fourth-order valence-corrected chi connectivity index (χ4v) is 1.98. The zero-order valence-corrected chi connectivity index (χ0v) is 8.97. The van der Waals surface area contributed by atoms with Crippen LogP contribution in [-0.4, -0.2) is 22.9 Å². The smallest absolute Gasteiger partial charge is 0.333 e. The van der Waals surface area contributed by atoms with Gasteiger partial charge in [0.1, 0.15) is 5.15 Å². The molecule has 2 rings (SSSR count). The number of esters is 1. The van der Waals surface area contributed by atoms with Gasteiger partial charge in [-0.05, 0) is 12.8 Å². The van der Waals surface area contributed by atoms with Crippen LogP contribution in [0.2, 0.25) is 10.3 Å². The standard InChI is InChI=1S/C8H8Cl2N2O2/c1-14-7(13)8(2-3-8)12-6(10)4-5(9)11-12/h4H,2-3H2,1H3. The van der Waals surface area contributed by atoms with Crippen molar-refractivity contribution < 1.29 is 9.53 Å². The molecule has 4 nitrogen and oxygen atoms in total. The second-order valence-corrected chi connectivity index (χ2v) is 4.00. The molecule has 76 valence electrons. The summed E-state index contributed by atoms with van der Waals surface area (Å²) < 4.78 is 6.13. The minimum absolute atomic E-state index is 0.283. The number of halogens is 2. The third-order valence-electron chi connectivity index (χ3n) is 2.33. The first kappa shape index (κ1) is 9.80. The third-order valence-corrected chi connectivity index (χ3v) is 2.78. The van der Waals surface area contributed by atoms with E-state index in [9.17, 15) is 4.79 Å². The highest BCUT2D eigenvalue weighted by atomic mass is 35.5. The number of carbonyl (C=O) groups excluding carboxylic acids is 1. The van der Waals surface area contributed by atoms with Gasteiger partial charge in [0.15, 0.2) is 10.7 Å². The largest absolute Gasteiger partial charge is 0.467 e. The van der Waals surface area contributed by atoms with E-state index < -0.39 is 5.54 Å². The van der Waals surface area contributed by atoms with Crippen molar-refractivity contribution in [1.82, 2.24) is 9.78 Å². The molecule has 6 heteroatoms. The summed E-state index contributed by atoms with van der Waals surface area (Å²) in [5.74, 6) is -0.320. The number of aromatic nitrogens is 2. The van der Waals surface area contributed by atoms with E-state index in [1.807, 2.05) is 0 Å². The molecule has 1 fully saturated rings. The van der Waals surface area contributed by atoms with Gasteiger partial charge in [-0.15, -0.1) is 0 Å². The van der Waals surface area contributed by atoms with Crippen LogP contribution in [0.1, 0.15) is 12.8 Å². The minimum Gasteiger partial charge on any atom is -0.467 e. The molecule has 0 saturated heterocycles. The highest BCUT2D eigenvalue weighted by Crippen LogP contribution is 2.46. The Balaban J connectivity index is 2.39. The van der Waals surface area contributed by atoms with Crippen LogP contribution in [0.3, 0.4) is 0 Å². The number of ether oxygens (including phenoxy) is 1. The van der Waals surface area contributed by atoms with Crippen molar-refractivity contribution >= 4 is 29.2 Å². The second kappa shape index (κ2) is 3.14. The van der Waals surface area contributed by atoms with Gasteiger partial charge in [-0.25, -0.2) is 9.48 Å². The number of nitrogens with zero attached hydrogens (tertiary/aromatic N) is 2. The van der Waals surface area contributed by atoms with Crippen LogP contribution >= 0.6 is 23.2 Å². The molecule has 1 heterocycles. The zero-order chi connectivity index (χ0) is 10.3. The highest BCUT2D eigenvalue weighted by molar-refractivity contribution is 6.33. The lowest BCUT2D eigenvalue weighted by Crippen LogP contribution is -2.30. The Labute approximate surface area is 90.7 Å². The molecular formula is C8H8Cl2N2O2. The molecule has 0 N–H and O–H groups in total. The van der Waals surface area contributed by atoms with Crippen LogP contribution in [0.4, 0.5) is 0 Å². The average Bonchev–Trinajstić information content (AvgIpc) is 2.88. The Morgan fingerprint density at radius 2 is 2.29 bits per heavy atom. The number of hydrogen-bond donors (Lipinski definition) is 0. The summed E-state index contributed by atoms with van der Waals surface area (Å²) in [6.07, 6.45) is 1.38. The fraction of sp³-hybridized carbons (Fsp3) is 0.500. The molecule has 0 bridgehead atoms. The maximum atomic E-state index is 11.5. The molecule has 0 amide bonds. The second-order valence-electron chi connectivity index (χ2n) is 3.22. The SMILES string of the molecule is COC(=O)C1(n2nc(Cl)cc2Cl)CC1. The molecule has 1 aliphatic carbocycles. The minimum atomic E-state index is -0.709. The molecule has 0 aromatic carbocycles. The van der Waals surface area contributed by atoms with Crippen LogP contribution in [0.15, 0.2) is 6.07 Å². The number of methoxy groups -OCH3 is 1. The monoisotopic (exact) mass is 234 g/mol. The first-order valence-corrected chi connectivity index (χ1v) is 4.86. The molecule has 0 atom stereocenters. The average molecular weight is 235 g/mol. The topological polar surface area (TPSA) is 44.1 Å². The number of hydrogen-bond acceptors (Lipinski definition) is 3. The van der Waals surface area contributed by atoms with Crippen molar-refractivity contribution in [2.45, 2.75) is 18.4 Å². The van der Waals surface area contributed by atoms with Crippen LogP contribution in [0, 0.1) is 0 Å². The molecule has 0 unspecified atom stereocenters. The van der Waals surface area contributed by atoms with Crippen LogP contribution in [-0.2, 0) is 15.1 Å². The normalized spacial score (nSPS) is 17.9. The van der Waals surface area contributed by atoms with Crippen molar-refractivity contribution in [1.29, 1.82) is 0 Å². The maximum Gasteiger partial charge on any atom is 0.333 e. The zero-order valence-electron chi connectivity index (χ0n) is 7.46. The van der Waals surface area contributed by atoms with E-state index in [1.54, 1.807) is 0 Å². The quantitative estimate of drug-likeness (QED) is 0.734. The lowest BCUT2D eigenvalue weighted by Gasteiger charge is -2.13. The summed E-state index contributed by atoms with van der Waals surface area (Å²) in [7, 11) is 1.35. The van der Waals surface area contributed by atoms with E-state index in [4.69, 9.17) is 27.9 Å². The Morgan fingerprint density at radius 3 is 2.64 bits per heavy atom. The van der Waals surface area contributed by atoms with Gasteiger partial charge < -0.3 is 4.74 Å². The molecule has 14 heavy (non-hydrogen) atoms. The van der Waals surface area contributed by atoms with Crippen LogP contribution < -0.4 is 0 Å². The summed E-state index contributed by atoms with van der Waals surface area (Å²) >= 11 is 11.6. The van der Waals surface area contributed by atoms with E-state index in [1.165, 1.54) is 17.9 Å². The van der Waals surface area contributed by atoms with E-state index in [0.717, 1.165) is 0 Å². The Morgan fingerprint density at radius 1 is 1.64 bits per heavy atom. The maximum absolute atomic E-state index is 11.5. The van der Waals surface area contributed by atoms with Crippen molar-refractivity contribution in [2.24, 2.45) is 0 Å². The van der Waals surface area contributed by atoms with Gasteiger partial charge in [0, 0.05) is 6.07 Å². The van der Waals surface area contributed by atoms with Crippen molar-refractivity contribution in [3.8, 4) is 0 Å². The molecule has 1 saturated carbocycles. The van der Waals surface area contributed by atoms with Gasteiger partial charge in [0.2, 0.25) is 0 Å². The van der Waals surface area contributed by atoms with Gasteiger partial charge in [-0.2, -0.15) is 5.10 Å². The predicted molar refractivity (Wildman–Crippen MR) is 51.5 cm³/mol. The van der Waals surface area contributed by atoms with Crippen LogP contribution in [0.5, 0.6) is 0 Å². The third kappa shape index (κ3) is 1.29. The van der Waals surface area contributed by atoms with Gasteiger partial charge in [-0.1, -0.05) is 23.2 Å². The first-order chi connectivity index (χ1) is 6.60. The molecule has 1 aromatic heterocycles. The summed E-state index contributed by atoms with van der Waals surface area (Å²) in [6, 6.07) is 1.51. The van der Waals surface area contributed by atoms with Crippen molar-refractivity contribution in [3.05, 3.63) is 16.4 Å². The van der Waals surface area contributed by atoms with Crippen LogP contribution in [0.25, 0.3) is 0 Å². The number of rotatable bonds is 2. The molecule has 0 spiro atoms. The summed E-state index contributed by atoms with van der Waals surface area (Å²) in [6.45, 7) is 0. The van der Waals surface area contributed by atoms with E-state index >= 15 is 0 Å². The summed E-state index contributed by atoms with van der Waals surface area (Å²) in [5.41, 5.74) is -0.709. The fourth-order valence-electron chi connectivity index (χ4n) is 1.44. The van der Waals surface area contributed by atoms with Gasteiger partial charge in [0.25, 0.3) is 0 Å². The van der Waals surface area contributed by atoms with E-state index in [-0.39, 0.29) is 11.1 Å². The molecule has 1 aromatic rings. The molecule has 0 radical (unpaired) electrons. The Hall–Kier alpha value is -0.740. The van der Waals surface area contributed by atoms with Gasteiger partial charge in [0.05, 0.1) is 7.11 Å². The van der Waals surface area contributed by atoms with Gasteiger partial charge in [-0.3, -0.25) is 0 Å². The van der Waals surface area contributed by atoms with Crippen molar-refractivity contribution in [2.75, 3.05) is 7.11 Å². The summed E-state index contributed by atoms with van der Waals surface area (Å²) in [4.78, 5) is 11.5. The van der Waals surface area contributed by atoms with E-state index in [0.29, 0.717) is 18.0 Å². The van der Waals surface area contributed by atoms with Crippen molar-refractivity contribution in [3.63, 3.8) is 0 Å². The predicted octanol–water partition coefficient (Wildman–Crippen LogP) is 1.85. The Kier molecular flexibility index (Phi) is 2.20. The first-order valence-electron chi connectivity index (χ1n) is 4.10.